The van der Waals surface area contributed by atoms with Gasteiger partial charge < -0.3 is 15.2 Å². The summed E-state index contributed by atoms with van der Waals surface area (Å²) in [5.41, 5.74) is 1.13. The number of hydrogen-bond acceptors (Lipinski definition) is 5. The number of aromatic nitrogens is 2. The van der Waals surface area contributed by atoms with Crippen molar-refractivity contribution in [2.75, 3.05) is 26.7 Å². The summed E-state index contributed by atoms with van der Waals surface area (Å²) in [6, 6.07) is 9.41. The van der Waals surface area contributed by atoms with E-state index in [4.69, 9.17) is 26.2 Å². The van der Waals surface area contributed by atoms with Crippen molar-refractivity contribution in [2.24, 2.45) is 0 Å². The maximum Gasteiger partial charge on any atom is 0.490 e. The molecule has 0 fully saturated rings. The maximum atomic E-state index is 11.7. The molecule has 2 aromatic rings. The first-order valence-electron chi connectivity index (χ1n) is 9.24. The zero-order valence-electron chi connectivity index (χ0n) is 16.6. The van der Waals surface area contributed by atoms with E-state index in [2.05, 4.69) is 15.3 Å². The van der Waals surface area contributed by atoms with E-state index < -0.39 is 12.1 Å². The van der Waals surface area contributed by atoms with Crippen LogP contribution in [0.15, 0.2) is 36.5 Å². The third-order valence-electron chi connectivity index (χ3n) is 4.38. The summed E-state index contributed by atoms with van der Waals surface area (Å²) in [7, 11) is 1.66. The highest BCUT2D eigenvalue weighted by Crippen LogP contribution is 2.23. The van der Waals surface area contributed by atoms with Crippen LogP contribution in [0.3, 0.4) is 0 Å². The van der Waals surface area contributed by atoms with Crippen LogP contribution in [-0.4, -0.2) is 64.6 Å². The van der Waals surface area contributed by atoms with E-state index in [1.165, 1.54) is 0 Å². The van der Waals surface area contributed by atoms with Crippen molar-refractivity contribution in [1.82, 2.24) is 20.0 Å². The van der Waals surface area contributed by atoms with Crippen LogP contribution in [0.4, 0.5) is 13.2 Å². The summed E-state index contributed by atoms with van der Waals surface area (Å²) in [6.45, 7) is 2.97. The molecule has 8 nitrogen and oxygen atoms in total. The number of aliphatic carboxylic acids is 1. The lowest BCUT2D eigenvalue weighted by Crippen LogP contribution is -2.41. The van der Waals surface area contributed by atoms with Gasteiger partial charge in [0.05, 0.1) is 18.2 Å². The van der Waals surface area contributed by atoms with E-state index in [0.29, 0.717) is 18.1 Å². The largest absolute Gasteiger partial charge is 0.492 e. The van der Waals surface area contributed by atoms with Gasteiger partial charge >= 0.3 is 12.1 Å². The number of benzene rings is 1. The van der Waals surface area contributed by atoms with Gasteiger partial charge in [-0.05, 0) is 30.3 Å². The molecule has 0 aliphatic carbocycles. The summed E-state index contributed by atoms with van der Waals surface area (Å²) < 4.78 is 39.5. The number of fused-ring (bicyclic) bond motifs is 1. The number of carboxylic acid groups (broad SMARTS) is 1. The Kier molecular flexibility index (Phi) is 8.69. The molecule has 1 unspecified atom stereocenters. The predicted octanol–water partition coefficient (Wildman–Crippen LogP) is 2.74. The summed E-state index contributed by atoms with van der Waals surface area (Å²) in [6.07, 6.45) is -2.86. The molecule has 1 aliphatic rings. The van der Waals surface area contributed by atoms with Crippen molar-refractivity contribution in [3.63, 3.8) is 0 Å². The standard InChI is InChI=1S/C17H21ClN4O2.C2HF3O2/c1-19-17(23)10-15-12-21(11-14-6-7-20-22(14)15)8-9-24-16-4-2-13(18)3-5-16;3-2(4,5)1(6)7/h2-7,15H,8-12H2,1H3,(H,19,23);(H,6,7). The van der Waals surface area contributed by atoms with Crippen LogP contribution in [0.25, 0.3) is 0 Å². The first-order chi connectivity index (χ1) is 14.6. The molecular formula is C19H22ClF3N4O4. The van der Waals surface area contributed by atoms with Crippen molar-refractivity contribution in [2.45, 2.75) is 25.2 Å². The van der Waals surface area contributed by atoms with E-state index in [1.807, 2.05) is 35.0 Å². The molecule has 2 N–H and O–H groups in total. The average molecular weight is 463 g/mol. The summed E-state index contributed by atoms with van der Waals surface area (Å²) in [5, 5.41) is 14.9. The van der Waals surface area contributed by atoms with Crippen LogP contribution in [0.1, 0.15) is 18.2 Å². The fraction of sp³-hybridized carbons (Fsp3) is 0.421. The van der Waals surface area contributed by atoms with Crippen molar-refractivity contribution in [3.05, 3.63) is 47.2 Å². The van der Waals surface area contributed by atoms with Gasteiger partial charge in [-0.15, -0.1) is 0 Å². The Morgan fingerprint density at radius 3 is 2.52 bits per heavy atom. The highest BCUT2D eigenvalue weighted by molar-refractivity contribution is 6.30. The molecule has 12 heteroatoms. The topological polar surface area (TPSA) is 96.7 Å². The Bertz CT molecular complexity index is 874. The van der Waals surface area contributed by atoms with Crippen LogP contribution in [0.5, 0.6) is 5.75 Å². The molecule has 1 aliphatic heterocycles. The second-order valence-corrected chi connectivity index (χ2v) is 7.08. The Morgan fingerprint density at radius 1 is 1.29 bits per heavy atom. The molecule has 1 amide bonds. The van der Waals surface area contributed by atoms with Gasteiger partial charge in [0.25, 0.3) is 0 Å². The van der Waals surface area contributed by atoms with E-state index >= 15 is 0 Å². The van der Waals surface area contributed by atoms with Crippen LogP contribution in [0.2, 0.25) is 5.02 Å². The van der Waals surface area contributed by atoms with Crippen LogP contribution in [0, 0.1) is 0 Å². The Balaban J connectivity index is 0.000000423. The zero-order valence-corrected chi connectivity index (χ0v) is 17.4. The molecule has 3 rings (SSSR count). The normalized spacial score (nSPS) is 16.0. The minimum atomic E-state index is -5.08. The third-order valence-corrected chi connectivity index (χ3v) is 4.64. The third kappa shape index (κ3) is 7.76. The van der Waals surface area contributed by atoms with Gasteiger partial charge in [-0.1, -0.05) is 11.6 Å². The second-order valence-electron chi connectivity index (χ2n) is 6.64. The second kappa shape index (κ2) is 11.0. The van der Waals surface area contributed by atoms with Crippen molar-refractivity contribution in [1.29, 1.82) is 0 Å². The summed E-state index contributed by atoms with van der Waals surface area (Å²) in [4.78, 5) is 22.9. The first kappa shape index (κ1) is 24.5. The Labute approximate surface area is 181 Å². The van der Waals surface area contributed by atoms with Gasteiger partial charge in [-0.3, -0.25) is 14.4 Å². The molecule has 170 valence electrons. The minimum Gasteiger partial charge on any atom is -0.492 e. The van der Waals surface area contributed by atoms with E-state index in [0.717, 1.165) is 31.1 Å². The number of nitrogens with zero attached hydrogens (tertiary/aromatic N) is 3. The number of nitrogens with one attached hydrogen (secondary N) is 1. The smallest absolute Gasteiger partial charge is 0.490 e. The number of carbonyl (C=O) groups excluding carboxylic acids is 1. The number of hydrogen-bond donors (Lipinski definition) is 2. The predicted molar refractivity (Wildman–Crippen MR) is 106 cm³/mol. The molecule has 31 heavy (non-hydrogen) atoms. The number of amides is 1. The lowest BCUT2D eigenvalue weighted by Gasteiger charge is -2.33. The molecular weight excluding hydrogens is 441 g/mol. The average Bonchev–Trinajstić information content (AvgIpc) is 3.18. The molecule has 2 heterocycles. The molecule has 0 saturated carbocycles. The quantitative estimate of drug-likeness (QED) is 0.685. The highest BCUT2D eigenvalue weighted by Gasteiger charge is 2.38. The first-order valence-corrected chi connectivity index (χ1v) is 9.61. The van der Waals surface area contributed by atoms with Crippen molar-refractivity contribution in [3.8, 4) is 5.75 Å². The highest BCUT2D eigenvalue weighted by atomic mass is 35.5. The minimum absolute atomic E-state index is 0.0284. The number of ether oxygens (including phenoxy) is 1. The van der Waals surface area contributed by atoms with Crippen molar-refractivity contribution < 1.29 is 32.6 Å². The fourth-order valence-electron chi connectivity index (χ4n) is 2.93. The van der Waals surface area contributed by atoms with Crippen LogP contribution in [-0.2, 0) is 16.1 Å². The van der Waals surface area contributed by atoms with E-state index in [-0.39, 0.29) is 11.9 Å². The van der Waals surface area contributed by atoms with Crippen LogP contribution < -0.4 is 10.1 Å². The molecule has 0 spiro atoms. The molecule has 1 aromatic heterocycles. The Hall–Kier alpha value is -2.79. The van der Waals surface area contributed by atoms with Gasteiger partial charge in [0, 0.05) is 37.9 Å². The van der Waals surface area contributed by atoms with Crippen LogP contribution >= 0.6 is 11.6 Å². The molecule has 1 atom stereocenters. The number of alkyl halides is 3. The molecule has 1 aromatic carbocycles. The number of carbonyl (C=O) groups is 2. The van der Waals surface area contributed by atoms with Gasteiger partial charge in [-0.2, -0.15) is 18.3 Å². The Morgan fingerprint density at radius 2 is 1.94 bits per heavy atom. The van der Waals surface area contributed by atoms with E-state index in [9.17, 15) is 18.0 Å². The zero-order chi connectivity index (χ0) is 23.0. The fourth-order valence-corrected chi connectivity index (χ4v) is 3.05. The number of rotatable bonds is 6. The van der Waals surface area contributed by atoms with Gasteiger partial charge in [-0.25, -0.2) is 4.79 Å². The number of halogens is 4. The summed E-state index contributed by atoms with van der Waals surface area (Å²) in [5.74, 6) is -1.92. The van der Waals surface area contributed by atoms with Gasteiger partial charge in [0.2, 0.25) is 5.91 Å². The summed E-state index contributed by atoms with van der Waals surface area (Å²) >= 11 is 5.87. The SMILES string of the molecule is CNC(=O)CC1CN(CCOc2ccc(Cl)cc2)Cc2ccnn21.O=C(O)C(F)(F)F. The lowest BCUT2D eigenvalue weighted by atomic mass is 10.1. The molecule has 0 bridgehead atoms. The lowest BCUT2D eigenvalue weighted by molar-refractivity contribution is -0.192. The molecule has 0 radical (unpaired) electrons. The maximum absolute atomic E-state index is 11.7. The van der Waals surface area contributed by atoms with Crippen molar-refractivity contribution >= 4 is 23.5 Å². The van der Waals surface area contributed by atoms with Gasteiger partial charge in [0.1, 0.15) is 12.4 Å². The van der Waals surface area contributed by atoms with E-state index in [1.54, 1.807) is 13.2 Å². The number of carboxylic acids is 1. The van der Waals surface area contributed by atoms with Gasteiger partial charge in [0.15, 0.2) is 0 Å². The monoisotopic (exact) mass is 462 g/mol. The molecule has 0 saturated heterocycles.